The Labute approximate surface area is 96.9 Å². The lowest BCUT2D eigenvalue weighted by molar-refractivity contribution is -0.142. The molecule has 0 radical (unpaired) electrons. The van der Waals surface area contributed by atoms with E-state index in [9.17, 15) is 18.3 Å². The van der Waals surface area contributed by atoms with Crippen molar-refractivity contribution in [2.45, 2.75) is 30.9 Å². The van der Waals surface area contributed by atoms with Crippen LogP contribution in [0.1, 0.15) is 30.4 Å². The van der Waals surface area contributed by atoms with Crippen LogP contribution in [0.5, 0.6) is 0 Å². The van der Waals surface area contributed by atoms with E-state index in [1.165, 1.54) is 26.0 Å². The van der Waals surface area contributed by atoms with Crippen LogP contribution in [0, 0.1) is 0 Å². The highest BCUT2D eigenvalue weighted by molar-refractivity contribution is 7.80. The number of aliphatic hydroxyl groups is 1. The number of aromatic nitrogens is 1. The molecule has 1 heterocycles. The molecule has 6 heteroatoms. The number of thiol groups is 1. The number of hydrogen-bond donors (Lipinski definition) is 2. The third-order valence-corrected chi connectivity index (χ3v) is 2.98. The average Bonchev–Trinajstić information content (AvgIpc) is 2.14. The van der Waals surface area contributed by atoms with E-state index in [0.717, 1.165) is 6.20 Å². The molecule has 0 saturated heterocycles. The first-order valence-electron chi connectivity index (χ1n) is 4.56. The second-order valence-corrected chi connectivity index (χ2v) is 4.51. The number of rotatable bonds is 2. The van der Waals surface area contributed by atoms with Gasteiger partial charge in [0.25, 0.3) is 0 Å². The van der Waals surface area contributed by atoms with Gasteiger partial charge < -0.3 is 5.11 Å². The maximum Gasteiger partial charge on any atom is 0.433 e. The minimum atomic E-state index is -4.54. The second kappa shape index (κ2) is 4.25. The van der Waals surface area contributed by atoms with E-state index < -0.39 is 22.7 Å². The first kappa shape index (κ1) is 13.3. The molecule has 0 aromatic carbocycles. The standard InChI is InChI=1S/C10H12F3NOS/c1-9(2,15)8(16)6-4-3-5-14-7(6)10(11,12)13/h3-5,8,15-16H,1-2H3/t8-/m1/s1. The average molecular weight is 251 g/mol. The molecule has 0 amide bonds. The van der Waals surface area contributed by atoms with Gasteiger partial charge in [0.2, 0.25) is 0 Å². The summed E-state index contributed by atoms with van der Waals surface area (Å²) in [5, 5.41) is 8.71. The largest absolute Gasteiger partial charge is 0.433 e. The molecule has 1 aromatic rings. The molecule has 0 aliphatic rings. The van der Waals surface area contributed by atoms with Crippen molar-refractivity contribution in [3.05, 3.63) is 29.6 Å². The highest BCUT2D eigenvalue weighted by atomic mass is 32.1. The Hall–Kier alpha value is -0.750. The zero-order chi connectivity index (χ0) is 12.6. The Bertz CT molecular complexity index is 373. The summed E-state index contributed by atoms with van der Waals surface area (Å²) in [7, 11) is 0. The zero-order valence-corrected chi connectivity index (χ0v) is 9.68. The van der Waals surface area contributed by atoms with Crippen molar-refractivity contribution in [1.82, 2.24) is 4.98 Å². The molecule has 0 fully saturated rings. The van der Waals surface area contributed by atoms with Gasteiger partial charge in [0, 0.05) is 6.20 Å². The summed E-state index contributed by atoms with van der Waals surface area (Å²) in [6.07, 6.45) is -3.47. The molecule has 1 aromatic heterocycles. The fraction of sp³-hybridized carbons (Fsp3) is 0.500. The summed E-state index contributed by atoms with van der Waals surface area (Å²) in [6, 6.07) is 2.66. The van der Waals surface area contributed by atoms with Gasteiger partial charge in [0.1, 0.15) is 5.69 Å². The molecule has 16 heavy (non-hydrogen) atoms. The summed E-state index contributed by atoms with van der Waals surface area (Å²) in [4.78, 5) is 3.30. The quantitative estimate of drug-likeness (QED) is 0.792. The molecular formula is C10H12F3NOS. The number of halogens is 3. The maximum atomic E-state index is 12.6. The lowest BCUT2D eigenvalue weighted by Crippen LogP contribution is -2.27. The molecule has 90 valence electrons. The van der Waals surface area contributed by atoms with Crippen molar-refractivity contribution in [3.8, 4) is 0 Å². The fourth-order valence-electron chi connectivity index (χ4n) is 1.26. The van der Waals surface area contributed by atoms with Crippen LogP contribution in [-0.4, -0.2) is 15.7 Å². The predicted octanol–water partition coefficient (Wildman–Crippen LogP) is 2.84. The van der Waals surface area contributed by atoms with Gasteiger partial charge in [-0.15, -0.1) is 0 Å². The first-order chi connectivity index (χ1) is 7.14. The minimum Gasteiger partial charge on any atom is -0.389 e. The summed E-state index contributed by atoms with van der Waals surface area (Å²) in [6.45, 7) is 2.80. The Kier molecular flexibility index (Phi) is 3.54. The van der Waals surface area contributed by atoms with E-state index >= 15 is 0 Å². The fourth-order valence-corrected chi connectivity index (χ4v) is 1.46. The molecule has 2 nitrogen and oxygen atoms in total. The van der Waals surface area contributed by atoms with Crippen LogP contribution in [0.4, 0.5) is 13.2 Å². The van der Waals surface area contributed by atoms with E-state index in [4.69, 9.17) is 0 Å². The van der Waals surface area contributed by atoms with Gasteiger partial charge in [-0.25, -0.2) is 0 Å². The summed E-state index contributed by atoms with van der Waals surface area (Å²) >= 11 is 4.01. The molecule has 0 unspecified atom stereocenters. The normalized spacial score (nSPS) is 14.9. The third kappa shape index (κ3) is 2.89. The third-order valence-electron chi connectivity index (χ3n) is 2.07. The highest BCUT2D eigenvalue weighted by Gasteiger charge is 2.39. The molecule has 0 spiro atoms. The number of nitrogens with zero attached hydrogens (tertiary/aromatic N) is 1. The predicted molar refractivity (Wildman–Crippen MR) is 57.3 cm³/mol. The van der Waals surface area contributed by atoms with Gasteiger partial charge in [-0.2, -0.15) is 25.8 Å². The van der Waals surface area contributed by atoms with Gasteiger partial charge in [0.15, 0.2) is 0 Å². The van der Waals surface area contributed by atoms with Gasteiger partial charge in [-0.1, -0.05) is 6.07 Å². The molecule has 1 rings (SSSR count). The van der Waals surface area contributed by atoms with E-state index in [0.29, 0.717) is 0 Å². The highest BCUT2D eigenvalue weighted by Crippen LogP contribution is 2.39. The van der Waals surface area contributed by atoms with Gasteiger partial charge in [-0.3, -0.25) is 4.98 Å². The van der Waals surface area contributed by atoms with Crippen LogP contribution < -0.4 is 0 Å². The van der Waals surface area contributed by atoms with Crippen LogP contribution >= 0.6 is 12.6 Å². The van der Waals surface area contributed by atoms with Crippen LogP contribution in [-0.2, 0) is 6.18 Å². The lowest BCUT2D eigenvalue weighted by Gasteiger charge is -2.27. The Balaban J connectivity index is 3.25. The Morgan fingerprint density at radius 3 is 2.38 bits per heavy atom. The van der Waals surface area contributed by atoms with Crippen molar-refractivity contribution in [2.75, 3.05) is 0 Å². The van der Waals surface area contributed by atoms with Crippen molar-refractivity contribution in [2.24, 2.45) is 0 Å². The molecule has 0 aliphatic carbocycles. The molecule has 1 N–H and O–H groups in total. The molecule has 0 aliphatic heterocycles. The van der Waals surface area contributed by atoms with E-state index in [1.807, 2.05) is 0 Å². The van der Waals surface area contributed by atoms with Crippen molar-refractivity contribution in [3.63, 3.8) is 0 Å². The molecule has 1 atom stereocenters. The summed E-state index contributed by atoms with van der Waals surface area (Å²) < 4.78 is 37.9. The van der Waals surface area contributed by atoms with E-state index in [2.05, 4.69) is 17.6 Å². The Morgan fingerprint density at radius 1 is 1.38 bits per heavy atom. The molecular weight excluding hydrogens is 239 g/mol. The van der Waals surface area contributed by atoms with E-state index in [-0.39, 0.29) is 5.56 Å². The van der Waals surface area contributed by atoms with Crippen LogP contribution in [0.2, 0.25) is 0 Å². The van der Waals surface area contributed by atoms with Crippen molar-refractivity contribution in [1.29, 1.82) is 0 Å². The van der Waals surface area contributed by atoms with Crippen LogP contribution in [0.15, 0.2) is 18.3 Å². The molecule has 0 saturated carbocycles. The number of hydrogen-bond acceptors (Lipinski definition) is 3. The first-order valence-corrected chi connectivity index (χ1v) is 5.08. The SMILES string of the molecule is CC(C)(O)[C@H](S)c1cccnc1C(F)(F)F. The number of pyridine rings is 1. The lowest BCUT2D eigenvalue weighted by atomic mass is 9.96. The smallest absolute Gasteiger partial charge is 0.389 e. The topological polar surface area (TPSA) is 33.1 Å². The number of alkyl halides is 3. The van der Waals surface area contributed by atoms with Gasteiger partial charge in [-0.05, 0) is 25.5 Å². The summed E-state index contributed by atoms with van der Waals surface area (Å²) in [5.41, 5.74) is -2.48. The maximum absolute atomic E-state index is 12.6. The zero-order valence-electron chi connectivity index (χ0n) is 8.78. The second-order valence-electron chi connectivity index (χ2n) is 4.00. The monoisotopic (exact) mass is 251 g/mol. The van der Waals surface area contributed by atoms with Crippen molar-refractivity contribution >= 4 is 12.6 Å². The minimum absolute atomic E-state index is 0.120. The van der Waals surface area contributed by atoms with Gasteiger partial charge >= 0.3 is 6.18 Å². The summed E-state index contributed by atoms with van der Waals surface area (Å²) in [5.74, 6) is 0. The van der Waals surface area contributed by atoms with Crippen molar-refractivity contribution < 1.29 is 18.3 Å². The van der Waals surface area contributed by atoms with Crippen LogP contribution in [0.25, 0.3) is 0 Å². The molecule has 0 bridgehead atoms. The van der Waals surface area contributed by atoms with Crippen LogP contribution in [0.3, 0.4) is 0 Å². The Morgan fingerprint density at radius 2 is 1.94 bits per heavy atom. The van der Waals surface area contributed by atoms with Gasteiger partial charge in [0.05, 0.1) is 10.9 Å². The van der Waals surface area contributed by atoms with E-state index in [1.54, 1.807) is 0 Å².